The molecule has 156 valence electrons. The van der Waals surface area contributed by atoms with Crippen molar-refractivity contribution in [2.75, 3.05) is 5.75 Å². The van der Waals surface area contributed by atoms with E-state index in [4.69, 9.17) is 0 Å². The first-order chi connectivity index (χ1) is 15.1. The Morgan fingerprint density at radius 1 is 0.935 bits per heavy atom. The van der Waals surface area contributed by atoms with Crippen molar-refractivity contribution in [3.8, 4) is 17.1 Å². The van der Waals surface area contributed by atoms with Gasteiger partial charge >= 0.3 is 0 Å². The Bertz CT molecular complexity index is 1160. The maximum atomic E-state index is 12.6. The van der Waals surface area contributed by atoms with Gasteiger partial charge in [0.1, 0.15) is 0 Å². The van der Waals surface area contributed by atoms with Gasteiger partial charge in [-0.15, -0.1) is 10.2 Å². The van der Waals surface area contributed by atoms with Gasteiger partial charge in [-0.05, 0) is 37.1 Å². The lowest BCUT2D eigenvalue weighted by Crippen LogP contribution is -2.28. The minimum atomic E-state index is -0.0545. The zero-order valence-electron chi connectivity index (χ0n) is 17.5. The van der Waals surface area contributed by atoms with E-state index in [0.717, 1.165) is 22.6 Å². The monoisotopic (exact) mass is 428 g/mol. The molecule has 0 aliphatic carbocycles. The quantitative estimate of drug-likeness (QED) is 0.411. The molecule has 4 aromatic rings. The summed E-state index contributed by atoms with van der Waals surface area (Å²) in [5.41, 5.74) is 4.23. The van der Waals surface area contributed by atoms with E-state index in [2.05, 4.69) is 28.5 Å². The Kier molecular flexibility index (Phi) is 6.48. The summed E-state index contributed by atoms with van der Waals surface area (Å²) in [4.78, 5) is 12.6. The Morgan fingerprint density at radius 3 is 2.29 bits per heavy atom. The molecule has 0 aliphatic rings. The Morgan fingerprint density at radius 2 is 1.58 bits per heavy atom. The maximum Gasteiger partial charge on any atom is 0.230 e. The highest BCUT2D eigenvalue weighted by Gasteiger charge is 2.18. The van der Waals surface area contributed by atoms with E-state index in [9.17, 15) is 4.79 Å². The third-order valence-electron chi connectivity index (χ3n) is 5.04. The molecule has 1 N–H and O–H groups in total. The number of nitrogens with zero attached hydrogens (tertiary/aromatic N) is 3. The van der Waals surface area contributed by atoms with Crippen LogP contribution < -0.4 is 5.32 Å². The molecule has 0 fully saturated rings. The third kappa shape index (κ3) is 4.86. The van der Waals surface area contributed by atoms with E-state index >= 15 is 0 Å². The first kappa shape index (κ1) is 20.9. The van der Waals surface area contributed by atoms with E-state index in [1.165, 1.54) is 17.3 Å². The summed E-state index contributed by atoms with van der Waals surface area (Å²) < 4.78 is 2.00. The fourth-order valence-electron chi connectivity index (χ4n) is 3.51. The SMILES string of the molecule is Cc1ccccc1C(C)NC(=O)CSc1nnc(-c2ccccc2)n1-c1ccccc1. The molecule has 6 heteroatoms. The van der Waals surface area contributed by atoms with Gasteiger partial charge in [0.05, 0.1) is 11.8 Å². The molecule has 5 nitrogen and oxygen atoms in total. The van der Waals surface area contributed by atoms with Gasteiger partial charge in [-0.25, -0.2) is 0 Å². The van der Waals surface area contributed by atoms with Crippen LogP contribution in [0.3, 0.4) is 0 Å². The van der Waals surface area contributed by atoms with E-state index in [1.54, 1.807) is 0 Å². The second-order valence-corrected chi connectivity index (χ2v) is 8.22. The normalized spacial score (nSPS) is 11.8. The molecule has 1 unspecified atom stereocenters. The molecule has 1 aromatic heterocycles. The number of hydrogen-bond donors (Lipinski definition) is 1. The van der Waals surface area contributed by atoms with E-state index in [-0.39, 0.29) is 17.7 Å². The number of thioether (sulfide) groups is 1. The van der Waals surface area contributed by atoms with Crippen LogP contribution in [0.1, 0.15) is 24.1 Å². The summed E-state index contributed by atoms with van der Waals surface area (Å²) in [6.07, 6.45) is 0. The van der Waals surface area contributed by atoms with E-state index in [1.807, 2.05) is 90.4 Å². The van der Waals surface area contributed by atoms with Crippen LogP contribution in [0.5, 0.6) is 0 Å². The number of para-hydroxylation sites is 1. The van der Waals surface area contributed by atoms with Gasteiger partial charge in [0.2, 0.25) is 5.91 Å². The predicted octanol–water partition coefficient (Wildman–Crippen LogP) is 5.21. The van der Waals surface area contributed by atoms with Crippen LogP contribution in [0.2, 0.25) is 0 Å². The molecule has 1 atom stereocenters. The first-order valence-corrected chi connectivity index (χ1v) is 11.2. The van der Waals surface area contributed by atoms with Crippen molar-refractivity contribution in [2.45, 2.75) is 25.0 Å². The lowest BCUT2D eigenvalue weighted by Gasteiger charge is -2.16. The third-order valence-corrected chi connectivity index (χ3v) is 5.97. The molecule has 4 rings (SSSR count). The molecule has 0 radical (unpaired) electrons. The van der Waals surface area contributed by atoms with Gasteiger partial charge in [0.15, 0.2) is 11.0 Å². The summed E-state index contributed by atoms with van der Waals surface area (Å²) in [7, 11) is 0. The zero-order chi connectivity index (χ0) is 21.6. The smallest absolute Gasteiger partial charge is 0.230 e. The zero-order valence-corrected chi connectivity index (χ0v) is 18.3. The van der Waals surface area contributed by atoms with Crippen molar-refractivity contribution in [2.24, 2.45) is 0 Å². The molecule has 1 heterocycles. The average Bonchev–Trinajstić information content (AvgIpc) is 3.23. The topological polar surface area (TPSA) is 59.8 Å². The minimum Gasteiger partial charge on any atom is -0.349 e. The Hall–Kier alpha value is -3.38. The summed E-state index contributed by atoms with van der Waals surface area (Å²) in [5, 5.41) is 12.6. The van der Waals surface area contributed by atoms with Crippen LogP contribution >= 0.6 is 11.8 Å². The number of rotatable bonds is 7. The molecule has 0 saturated carbocycles. The average molecular weight is 429 g/mol. The Balaban J connectivity index is 1.53. The van der Waals surface area contributed by atoms with Crippen molar-refractivity contribution < 1.29 is 4.79 Å². The minimum absolute atomic E-state index is 0.0374. The van der Waals surface area contributed by atoms with Crippen LogP contribution in [0.4, 0.5) is 0 Å². The van der Waals surface area contributed by atoms with Gasteiger partial charge in [-0.3, -0.25) is 9.36 Å². The molecule has 0 saturated heterocycles. The molecule has 1 amide bonds. The van der Waals surface area contributed by atoms with Crippen molar-refractivity contribution in [1.29, 1.82) is 0 Å². The first-order valence-electron chi connectivity index (χ1n) is 10.2. The van der Waals surface area contributed by atoms with Crippen LogP contribution in [0, 0.1) is 6.92 Å². The Labute approximate surface area is 186 Å². The van der Waals surface area contributed by atoms with Gasteiger partial charge < -0.3 is 5.32 Å². The van der Waals surface area contributed by atoms with Gasteiger partial charge in [0.25, 0.3) is 0 Å². The van der Waals surface area contributed by atoms with Gasteiger partial charge in [-0.1, -0.05) is 84.6 Å². The largest absolute Gasteiger partial charge is 0.349 e. The summed E-state index contributed by atoms with van der Waals surface area (Å²) >= 11 is 1.38. The van der Waals surface area contributed by atoms with Gasteiger partial charge in [-0.2, -0.15) is 0 Å². The molecule has 0 aliphatic heterocycles. The van der Waals surface area contributed by atoms with Crippen LogP contribution in [-0.4, -0.2) is 26.4 Å². The lowest BCUT2D eigenvalue weighted by molar-refractivity contribution is -0.119. The number of nitrogens with one attached hydrogen (secondary N) is 1. The van der Waals surface area contributed by atoms with E-state index in [0.29, 0.717) is 5.16 Å². The molecular weight excluding hydrogens is 404 g/mol. The summed E-state index contributed by atoms with van der Waals surface area (Å²) in [6.45, 7) is 4.06. The predicted molar refractivity (Wildman–Crippen MR) is 125 cm³/mol. The number of hydrogen-bond acceptors (Lipinski definition) is 4. The summed E-state index contributed by atoms with van der Waals surface area (Å²) in [6, 6.07) is 28.0. The highest BCUT2D eigenvalue weighted by molar-refractivity contribution is 7.99. The second-order valence-electron chi connectivity index (χ2n) is 7.28. The molecule has 3 aromatic carbocycles. The van der Waals surface area contributed by atoms with Crippen molar-refractivity contribution >= 4 is 17.7 Å². The maximum absolute atomic E-state index is 12.6. The number of aromatic nitrogens is 3. The number of aryl methyl sites for hydroxylation is 1. The lowest BCUT2D eigenvalue weighted by atomic mass is 10.0. The highest BCUT2D eigenvalue weighted by Crippen LogP contribution is 2.28. The van der Waals surface area contributed by atoms with Crippen molar-refractivity contribution in [3.05, 3.63) is 96.1 Å². The summed E-state index contributed by atoms with van der Waals surface area (Å²) in [5.74, 6) is 0.975. The highest BCUT2D eigenvalue weighted by atomic mass is 32.2. The number of carbonyl (C=O) groups is 1. The number of amides is 1. The molecule has 0 spiro atoms. The van der Waals surface area contributed by atoms with Crippen LogP contribution in [0.15, 0.2) is 90.1 Å². The van der Waals surface area contributed by atoms with Crippen molar-refractivity contribution in [3.63, 3.8) is 0 Å². The van der Waals surface area contributed by atoms with Crippen LogP contribution in [0.25, 0.3) is 17.1 Å². The van der Waals surface area contributed by atoms with Crippen LogP contribution in [-0.2, 0) is 4.79 Å². The molecular formula is C25H24N4OS. The fraction of sp³-hybridized carbons (Fsp3) is 0.160. The second kappa shape index (κ2) is 9.62. The van der Waals surface area contributed by atoms with E-state index < -0.39 is 0 Å². The standard InChI is InChI=1S/C25H24N4OS/c1-18-11-9-10-16-22(18)19(2)26-23(30)17-31-25-28-27-24(20-12-5-3-6-13-20)29(25)21-14-7-4-8-15-21/h3-16,19H,17H2,1-2H3,(H,26,30). The molecule has 31 heavy (non-hydrogen) atoms. The van der Waals surface area contributed by atoms with Gasteiger partial charge in [0, 0.05) is 11.3 Å². The molecule has 0 bridgehead atoms. The number of carbonyl (C=O) groups excluding carboxylic acids is 1. The van der Waals surface area contributed by atoms with Crippen molar-refractivity contribution in [1.82, 2.24) is 20.1 Å². The number of benzene rings is 3. The fourth-order valence-corrected chi connectivity index (χ4v) is 4.27.